The average molecular weight is 485 g/mol. The number of carbonyl (C=O) groups is 2. The molecular weight excluding hydrogens is 432 g/mol. The molecule has 0 bridgehead atoms. The molecule has 5 fully saturated rings. The zero-order valence-electron chi connectivity index (χ0n) is 22.8. The number of carbonyl (C=O) groups excluding carboxylic acids is 2. The Bertz CT molecular complexity index is 748. The number of Topliss-reactive ketones (excluding diaryl/α,β-unsaturated/α-hetero) is 1. The first-order valence-electron chi connectivity index (χ1n) is 15.6. The van der Waals surface area contributed by atoms with Crippen molar-refractivity contribution in [3.05, 3.63) is 0 Å². The van der Waals surface area contributed by atoms with Crippen LogP contribution in [0.3, 0.4) is 0 Å². The van der Waals surface area contributed by atoms with Crippen LogP contribution in [-0.2, 0) is 14.3 Å². The van der Waals surface area contributed by atoms with Crippen LogP contribution >= 0.6 is 0 Å². The minimum atomic E-state index is 0.126. The SMILES string of the molecule is C[C@]12CC[C@H]3[C@@H](CCC4CC(=O)CC[C@@]43C)[C@@H]1CC[C@@H]2OC(=O)C1CCCCCCCCCCC1. The summed E-state index contributed by atoms with van der Waals surface area (Å²) in [5.41, 5.74) is 0.524. The van der Waals surface area contributed by atoms with Crippen molar-refractivity contribution >= 4 is 11.8 Å². The maximum atomic E-state index is 13.5. The highest BCUT2D eigenvalue weighted by molar-refractivity contribution is 5.79. The first kappa shape index (κ1) is 25.8. The van der Waals surface area contributed by atoms with Gasteiger partial charge in [-0.2, -0.15) is 0 Å². The molecule has 0 amide bonds. The van der Waals surface area contributed by atoms with Crippen LogP contribution in [0.4, 0.5) is 0 Å². The molecule has 0 aromatic rings. The second-order valence-electron chi connectivity index (χ2n) is 13.9. The van der Waals surface area contributed by atoms with Crippen molar-refractivity contribution in [2.75, 3.05) is 0 Å². The Hall–Kier alpha value is -0.860. The zero-order valence-corrected chi connectivity index (χ0v) is 22.8. The average Bonchev–Trinajstić information content (AvgIpc) is 3.16. The molecule has 5 saturated carbocycles. The zero-order chi connectivity index (χ0) is 24.5. The molecule has 3 heteroatoms. The maximum Gasteiger partial charge on any atom is 0.309 e. The smallest absolute Gasteiger partial charge is 0.309 e. The molecule has 0 aromatic carbocycles. The molecule has 5 rings (SSSR count). The number of fused-ring (bicyclic) bond motifs is 5. The van der Waals surface area contributed by atoms with Gasteiger partial charge in [-0.05, 0) is 86.9 Å². The van der Waals surface area contributed by atoms with E-state index in [0.29, 0.717) is 23.0 Å². The molecule has 7 atom stereocenters. The second kappa shape index (κ2) is 10.9. The van der Waals surface area contributed by atoms with Crippen LogP contribution in [-0.4, -0.2) is 17.9 Å². The summed E-state index contributed by atoms with van der Waals surface area (Å²) in [6.45, 7) is 5.00. The van der Waals surface area contributed by atoms with E-state index in [2.05, 4.69) is 13.8 Å². The van der Waals surface area contributed by atoms with Gasteiger partial charge in [0.15, 0.2) is 0 Å². The van der Waals surface area contributed by atoms with Crippen LogP contribution in [0.5, 0.6) is 0 Å². The largest absolute Gasteiger partial charge is 0.462 e. The van der Waals surface area contributed by atoms with Crippen LogP contribution in [0, 0.1) is 40.4 Å². The predicted octanol–water partition coefficient (Wildman–Crippen LogP) is 8.43. The van der Waals surface area contributed by atoms with Crippen molar-refractivity contribution in [1.29, 1.82) is 0 Å². The Morgan fingerprint density at radius 3 is 2.03 bits per heavy atom. The van der Waals surface area contributed by atoms with E-state index in [1.54, 1.807) is 0 Å². The van der Waals surface area contributed by atoms with E-state index in [4.69, 9.17) is 4.74 Å². The molecular formula is C32H52O3. The van der Waals surface area contributed by atoms with E-state index in [0.717, 1.165) is 50.4 Å². The minimum Gasteiger partial charge on any atom is -0.462 e. The van der Waals surface area contributed by atoms with Gasteiger partial charge in [0.1, 0.15) is 11.9 Å². The number of ether oxygens (including phenoxy) is 1. The lowest BCUT2D eigenvalue weighted by atomic mass is 9.45. The quantitative estimate of drug-likeness (QED) is 0.369. The van der Waals surface area contributed by atoms with E-state index in [1.807, 2.05) is 0 Å². The highest BCUT2D eigenvalue weighted by atomic mass is 16.5. The standard InChI is InChI=1S/C32H52O3/c1-31-20-18-25(33)22-24(31)14-15-26-27-16-17-29(32(27,2)21-19-28(26)31)35-30(34)23-12-10-8-6-4-3-5-7-9-11-13-23/h23-24,26-29H,3-22H2,1-2H3/t24?,26-,27-,28-,29-,31-,32-/m0/s1. The van der Waals surface area contributed by atoms with E-state index < -0.39 is 0 Å². The fraction of sp³-hybridized carbons (Fsp3) is 0.938. The summed E-state index contributed by atoms with van der Waals surface area (Å²) in [6, 6.07) is 0. The van der Waals surface area contributed by atoms with Gasteiger partial charge in [-0.1, -0.05) is 71.6 Å². The van der Waals surface area contributed by atoms with Gasteiger partial charge in [-0.15, -0.1) is 0 Å². The van der Waals surface area contributed by atoms with Crippen LogP contribution in [0.1, 0.15) is 142 Å². The van der Waals surface area contributed by atoms with Crippen LogP contribution in [0.15, 0.2) is 0 Å². The lowest BCUT2D eigenvalue weighted by molar-refractivity contribution is -0.169. The molecule has 198 valence electrons. The molecule has 35 heavy (non-hydrogen) atoms. The molecule has 0 spiro atoms. The molecule has 0 aliphatic heterocycles. The number of esters is 1. The Morgan fingerprint density at radius 1 is 0.714 bits per heavy atom. The van der Waals surface area contributed by atoms with Gasteiger partial charge in [0.05, 0.1) is 5.92 Å². The molecule has 0 aromatic heterocycles. The number of ketones is 1. The van der Waals surface area contributed by atoms with E-state index >= 15 is 0 Å². The lowest BCUT2D eigenvalue weighted by Crippen LogP contribution is -2.54. The summed E-state index contributed by atoms with van der Waals surface area (Å²) in [7, 11) is 0. The maximum absolute atomic E-state index is 13.5. The topological polar surface area (TPSA) is 43.4 Å². The Morgan fingerprint density at radius 2 is 1.34 bits per heavy atom. The third kappa shape index (κ3) is 5.13. The summed E-state index contributed by atoms with van der Waals surface area (Å²) in [6.07, 6.45) is 24.0. The van der Waals surface area contributed by atoms with Gasteiger partial charge in [0.25, 0.3) is 0 Å². The molecule has 0 N–H and O–H groups in total. The summed E-state index contributed by atoms with van der Waals surface area (Å²) in [4.78, 5) is 25.7. The highest BCUT2D eigenvalue weighted by Gasteiger charge is 2.61. The van der Waals surface area contributed by atoms with Crippen molar-refractivity contribution < 1.29 is 14.3 Å². The number of rotatable bonds is 2. The third-order valence-corrected chi connectivity index (χ3v) is 12.1. The van der Waals surface area contributed by atoms with Gasteiger partial charge in [0, 0.05) is 18.3 Å². The predicted molar refractivity (Wildman–Crippen MR) is 141 cm³/mol. The first-order chi connectivity index (χ1) is 16.9. The van der Waals surface area contributed by atoms with Gasteiger partial charge < -0.3 is 4.74 Å². The molecule has 0 saturated heterocycles. The van der Waals surface area contributed by atoms with Crippen LogP contribution in [0.25, 0.3) is 0 Å². The van der Waals surface area contributed by atoms with E-state index in [9.17, 15) is 9.59 Å². The fourth-order valence-electron chi connectivity index (χ4n) is 9.83. The summed E-state index contributed by atoms with van der Waals surface area (Å²) < 4.78 is 6.49. The summed E-state index contributed by atoms with van der Waals surface area (Å²) in [5, 5.41) is 0. The summed E-state index contributed by atoms with van der Waals surface area (Å²) in [5.74, 6) is 3.63. The van der Waals surface area contributed by atoms with Crippen molar-refractivity contribution in [2.24, 2.45) is 40.4 Å². The van der Waals surface area contributed by atoms with Crippen molar-refractivity contribution in [1.82, 2.24) is 0 Å². The molecule has 5 aliphatic rings. The van der Waals surface area contributed by atoms with Crippen LogP contribution in [0.2, 0.25) is 0 Å². The summed E-state index contributed by atoms with van der Waals surface area (Å²) >= 11 is 0. The lowest BCUT2D eigenvalue weighted by Gasteiger charge is -2.60. The Balaban J connectivity index is 1.23. The Labute approximate surface area is 214 Å². The van der Waals surface area contributed by atoms with Crippen molar-refractivity contribution in [2.45, 2.75) is 148 Å². The number of hydrogen-bond donors (Lipinski definition) is 0. The number of hydrogen-bond acceptors (Lipinski definition) is 3. The van der Waals surface area contributed by atoms with Gasteiger partial charge in [-0.25, -0.2) is 0 Å². The Kier molecular flexibility index (Phi) is 8.00. The first-order valence-corrected chi connectivity index (χ1v) is 15.6. The second-order valence-corrected chi connectivity index (χ2v) is 13.9. The van der Waals surface area contributed by atoms with Crippen molar-refractivity contribution in [3.8, 4) is 0 Å². The normalized spacial score (nSPS) is 43.7. The fourth-order valence-corrected chi connectivity index (χ4v) is 9.83. The third-order valence-electron chi connectivity index (χ3n) is 12.1. The van der Waals surface area contributed by atoms with Gasteiger partial charge in [0.2, 0.25) is 0 Å². The highest BCUT2D eigenvalue weighted by Crippen LogP contribution is 2.66. The van der Waals surface area contributed by atoms with Gasteiger partial charge in [-0.3, -0.25) is 9.59 Å². The van der Waals surface area contributed by atoms with Crippen molar-refractivity contribution in [3.63, 3.8) is 0 Å². The molecule has 1 unspecified atom stereocenters. The molecule has 0 heterocycles. The molecule has 3 nitrogen and oxygen atoms in total. The molecule has 0 radical (unpaired) electrons. The van der Waals surface area contributed by atoms with E-state index in [1.165, 1.54) is 89.9 Å². The van der Waals surface area contributed by atoms with Crippen LogP contribution < -0.4 is 0 Å². The van der Waals surface area contributed by atoms with E-state index in [-0.39, 0.29) is 23.4 Å². The monoisotopic (exact) mass is 484 g/mol. The van der Waals surface area contributed by atoms with Gasteiger partial charge >= 0.3 is 5.97 Å². The molecule has 5 aliphatic carbocycles. The minimum absolute atomic E-state index is 0.126.